The van der Waals surface area contributed by atoms with Crippen LogP contribution in [0.1, 0.15) is 91.4 Å². The summed E-state index contributed by atoms with van der Waals surface area (Å²) in [6.45, 7) is 6.00. The molecule has 4 aliphatic rings. The molecule has 0 heterocycles. The second-order valence-electron chi connectivity index (χ2n) is 9.70. The number of allylic oxidation sites excluding steroid dienone is 3. The van der Waals surface area contributed by atoms with Crippen LogP contribution in [0, 0.1) is 17.8 Å². The molecule has 25 heavy (non-hydrogen) atoms. The van der Waals surface area contributed by atoms with Crippen molar-refractivity contribution < 1.29 is 9.53 Å². The Morgan fingerprint density at radius 3 is 2.48 bits per heavy atom. The smallest absolute Gasteiger partial charge is 0.313 e. The predicted molar refractivity (Wildman–Crippen MR) is 101 cm³/mol. The van der Waals surface area contributed by atoms with Crippen molar-refractivity contribution in [2.24, 2.45) is 17.8 Å². The van der Waals surface area contributed by atoms with Crippen molar-refractivity contribution in [2.45, 2.75) is 97.0 Å². The molecule has 0 saturated heterocycles. The zero-order valence-electron chi connectivity index (χ0n) is 16.3. The average molecular weight is 343 g/mol. The zero-order chi connectivity index (χ0) is 17.6. The van der Waals surface area contributed by atoms with E-state index in [2.05, 4.69) is 0 Å². The van der Waals surface area contributed by atoms with E-state index in [-0.39, 0.29) is 17.5 Å². The lowest BCUT2D eigenvalue weighted by molar-refractivity contribution is -0.159. The largest absolute Gasteiger partial charge is 0.459 e. The molecule has 0 spiro atoms. The maximum atomic E-state index is 13.1. The predicted octanol–water partition coefficient (Wildman–Crippen LogP) is 6.12. The van der Waals surface area contributed by atoms with Gasteiger partial charge in [0.15, 0.2) is 0 Å². The van der Waals surface area contributed by atoms with Crippen molar-refractivity contribution >= 4 is 5.97 Å². The van der Waals surface area contributed by atoms with Crippen molar-refractivity contribution in [3.63, 3.8) is 0 Å². The van der Waals surface area contributed by atoms with Crippen molar-refractivity contribution in [3.05, 3.63) is 22.3 Å². The van der Waals surface area contributed by atoms with Crippen molar-refractivity contribution in [3.8, 4) is 0 Å². The van der Waals surface area contributed by atoms with Crippen molar-refractivity contribution in [2.75, 3.05) is 0 Å². The summed E-state index contributed by atoms with van der Waals surface area (Å²) < 4.78 is 5.89. The van der Waals surface area contributed by atoms with Crippen LogP contribution in [0.5, 0.6) is 0 Å². The Morgan fingerprint density at radius 1 is 0.920 bits per heavy atom. The number of ether oxygens (including phenoxy) is 1. The molecule has 0 aliphatic heterocycles. The molecule has 0 amide bonds. The van der Waals surface area contributed by atoms with Crippen LogP contribution in [0.25, 0.3) is 0 Å². The van der Waals surface area contributed by atoms with E-state index in [4.69, 9.17) is 4.74 Å². The normalized spacial score (nSPS) is 32.7. The van der Waals surface area contributed by atoms with Crippen molar-refractivity contribution in [1.29, 1.82) is 0 Å². The summed E-state index contributed by atoms with van der Waals surface area (Å²) >= 11 is 0. The summed E-state index contributed by atoms with van der Waals surface area (Å²) in [5.41, 5.74) is 6.02. The van der Waals surface area contributed by atoms with Crippen LogP contribution in [-0.4, -0.2) is 11.6 Å². The first-order chi connectivity index (χ1) is 11.9. The van der Waals surface area contributed by atoms with Crippen LogP contribution in [0.2, 0.25) is 0 Å². The molecule has 0 bridgehead atoms. The van der Waals surface area contributed by atoms with Crippen LogP contribution < -0.4 is 0 Å². The molecule has 2 nitrogen and oxygen atoms in total. The number of fused-ring (bicyclic) bond motifs is 3. The third-order valence-corrected chi connectivity index (χ3v) is 6.89. The standard InChI is InChI=1S/C23H34O2/c1-23(2,3)25-22(24)20-14-16-9-5-6-10-17(16)19-13-12-15-8-4-7-11-18(15)21(19)20/h15,18,20H,4-14H2,1-3H3/t15-,18+,20+/m0/s1. The van der Waals surface area contributed by atoms with E-state index in [1.165, 1.54) is 69.8 Å². The molecule has 0 aromatic heterocycles. The third kappa shape index (κ3) is 3.34. The van der Waals surface area contributed by atoms with Gasteiger partial charge in [-0.1, -0.05) is 18.4 Å². The van der Waals surface area contributed by atoms with Crippen molar-refractivity contribution in [1.82, 2.24) is 0 Å². The van der Waals surface area contributed by atoms with E-state index in [1.807, 2.05) is 20.8 Å². The monoisotopic (exact) mass is 342 g/mol. The lowest BCUT2D eigenvalue weighted by atomic mass is 9.60. The molecule has 2 heteroatoms. The van der Waals surface area contributed by atoms with Gasteiger partial charge in [-0.05, 0) is 107 Å². The average Bonchev–Trinajstić information content (AvgIpc) is 2.59. The van der Waals surface area contributed by atoms with Crippen LogP contribution in [0.3, 0.4) is 0 Å². The Kier molecular flexibility index (Phi) is 4.58. The molecule has 0 unspecified atom stereocenters. The molecule has 0 N–H and O–H groups in total. The lowest BCUT2D eigenvalue weighted by Crippen LogP contribution is -2.38. The Balaban J connectivity index is 1.73. The van der Waals surface area contributed by atoms with E-state index in [9.17, 15) is 4.79 Å². The molecule has 4 rings (SSSR count). The first-order valence-electron chi connectivity index (χ1n) is 10.6. The number of carbonyl (C=O) groups excluding carboxylic acids is 1. The minimum absolute atomic E-state index is 0.0111. The van der Waals surface area contributed by atoms with Crippen LogP contribution >= 0.6 is 0 Å². The summed E-state index contributed by atoms with van der Waals surface area (Å²) in [6, 6.07) is 0. The highest BCUT2D eigenvalue weighted by atomic mass is 16.6. The first-order valence-corrected chi connectivity index (χ1v) is 10.6. The fourth-order valence-corrected chi connectivity index (χ4v) is 5.95. The fourth-order valence-electron chi connectivity index (χ4n) is 5.95. The Morgan fingerprint density at radius 2 is 1.68 bits per heavy atom. The maximum Gasteiger partial charge on any atom is 0.313 e. The van der Waals surface area contributed by atoms with Gasteiger partial charge in [0, 0.05) is 0 Å². The maximum absolute atomic E-state index is 13.1. The quantitative estimate of drug-likeness (QED) is 0.537. The van der Waals surface area contributed by atoms with Crippen LogP contribution in [-0.2, 0) is 9.53 Å². The van der Waals surface area contributed by atoms with Gasteiger partial charge in [0.2, 0.25) is 0 Å². The minimum Gasteiger partial charge on any atom is -0.459 e. The second-order valence-corrected chi connectivity index (χ2v) is 9.70. The highest BCUT2D eigenvalue weighted by Gasteiger charge is 2.44. The zero-order valence-corrected chi connectivity index (χ0v) is 16.3. The second kappa shape index (κ2) is 6.59. The lowest BCUT2D eigenvalue weighted by Gasteiger charge is -2.45. The van der Waals surface area contributed by atoms with E-state index < -0.39 is 0 Å². The van der Waals surface area contributed by atoms with Gasteiger partial charge in [0.25, 0.3) is 0 Å². The Labute approximate surface area is 153 Å². The molecule has 0 aromatic rings. The molecule has 0 radical (unpaired) electrons. The van der Waals surface area contributed by atoms with E-state index in [1.54, 1.807) is 16.7 Å². The number of carbonyl (C=O) groups is 1. The summed E-state index contributed by atoms with van der Waals surface area (Å²) in [6.07, 6.45) is 14.0. The topological polar surface area (TPSA) is 26.3 Å². The molecule has 138 valence electrons. The summed E-state index contributed by atoms with van der Waals surface area (Å²) in [7, 11) is 0. The number of esters is 1. The van der Waals surface area contributed by atoms with Crippen LogP contribution in [0.15, 0.2) is 22.3 Å². The summed E-state index contributed by atoms with van der Waals surface area (Å²) in [5.74, 6) is 1.54. The Bertz CT molecular complexity index is 616. The van der Waals surface area contributed by atoms with Gasteiger partial charge in [0.1, 0.15) is 5.60 Å². The molecular formula is C23H34O2. The third-order valence-electron chi connectivity index (χ3n) is 6.89. The number of rotatable bonds is 1. The molecule has 4 aliphatic carbocycles. The van der Waals surface area contributed by atoms with Gasteiger partial charge in [0.05, 0.1) is 5.92 Å². The van der Waals surface area contributed by atoms with Gasteiger partial charge >= 0.3 is 5.97 Å². The van der Waals surface area contributed by atoms with Gasteiger partial charge in [-0.3, -0.25) is 4.79 Å². The molecule has 1 fully saturated rings. The Hall–Kier alpha value is -1.05. The molecule has 0 aromatic carbocycles. The van der Waals surface area contributed by atoms with Gasteiger partial charge in [-0.15, -0.1) is 0 Å². The van der Waals surface area contributed by atoms with E-state index >= 15 is 0 Å². The van der Waals surface area contributed by atoms with E-state index in [0.29, 0.717) is 5.92 Å². The highest BCUT2D eigenvalue weighted by Crippen LogP contribution is 2.54. The van der Waals surface area contributed by atoms with E-state index in [0.717, 1.165) is 12.3 Å². The molecule has 1 saturated carbocycles. The highest BCUT2D eigenvalue weighted by molar-refractivity contribution is 5.78. The van der Waals surface area contributed by atoms with Crippen LogP contribution in [0.4, 0.5) is 0 Å². The first kappa shape index (κ1) is 17.4. The number of hydrogen-bond acceptors (Lipinski definition) is 2. The van der Waals surface area contributed by atoms with Gasteiger partial charge in [-0.25, -0.2) is 0 Å². The number of hydrogen-bond donors (Lipinski definition) is 0. The fraction of sp³-hybridized carbons (Fsp3) is 0.783. The van der Waals surface area contributed by atoms with Gasteiger partial charge in [-0.2, -0.15) is 0 Å². The molecular weight excluding hydrogens is 308 g/mol. The molecule has 3 atom stereocenters. The van der Waals surface area contributed by atoms with Gasteiger partial charge < -0.3 is 4.74 Å². The minimum atomic E-state index is -0.389. The SMILES string of the molecule is CC(C)(C)OC(=O)[C@@H]1CC2=C(CCCC2)C2=C1[C@@H]1CCCC[C@H]1CC2. The summed E-state index contributed by atoms with van der Waals surface area (Å²) in [4.78, 5) is 13.1. The summed E-state index contributed by atoms with van der Waals surface area (Å²) in [5, 5.41) is 0.